The third-order valence-corrected chi connectivity index (χ3v) is 6.63. The summed E-state index contributed by atoms with van der Waals surface area (Å²) in [6.45, 7) is 1.79. The molecule has 2 fully saturated rings. The van der Waals surface area contributed by atoms with Gasteiger partial charge in [-0.1, -0.05) is 6.07 Å². The number of benzene rings is 1. The fourth-order valence-corrected chi connectivity index (χ4v) is 4.73. The second-order valence-electron chi connectivity index (χ2n) is 8.62. The standard InChI is InChI=1S/C24H24N4O5/c1-33-24(32)20-7-9-27(20)12-14-6-8-25-18(10-14)15-2-3-17-16(11-15)13-28(23(17)31)19-4-5-21(29)26-22(19)30/h2-3,6,8,10-11,19-20H,4-5,7,9,12-13H2,1H3,(H,26,29,30). The van der Waals surface area contributed by atoms with E-state index in [0.717, 1.165) is 35.3 Å². The van der Waals surface area contributed by atoms with Crippen LogP contribution in [0.15, 0.2) is 36.5 Å². The minimum Gasteiger partial charge on any atom is -0.468 e. The number of likely N-dealkylation sites (tertiary alicyclic amines) is 1. The highest BCUT2D eigenvalue weighted by atomic mass is 16.5. The maximum absolute atomic E-state index is 12.9. The van der Waals surface area contributed by atoms with E-state index >= 15 is 0 Å². The van der Waals surface area contributed by atoms with Crippen molar-refractivity contribution in [2.45, 2.75) is 44.4 Å². The smallest absolute Gasteiger partial charge is 0.323 e. The number of hydrogen-bond donors (Lipinski definition) is 1. The highest BCUT2D eigenvalue weighted by molar-refractivity contribution is 6.05. The lowest BCUT2D eigenvalue weighted by Crippen LogP contribution is -2.52. The zero-order valence-electron chi connectivity index (χ0n) is 18.2. The van der Waals surface area contributed by atoms with Crippen LogP contribution < -0.4 is 5.32 Å². The minimum atomic E-state index is -0.633. The molecule has 9 heteroatoms. The molecule has 33 heavy (non-hydrogen) atoms. The summed E-state index contributed by atoms with van der Waals surface area (Å²) in [5, 5.41) is 2.32. The van der Waals surface area contributed by atoms with Crippen LogP contribution in [0.4, 0.5) is 0 Å². The lowest BCUT2D eigenvalue weighted by atomic mass is 10.0. The minimum absolute atomic E-state index is 0.195. The van der Waals surface area contributed by atoms with Crippen LogP contribution in [0.25, 0.3) is 11.3 Å². The summed E-state index contributed by atoms with van der Waals surface area (Å²) >= 11 is 0. The van der Waals surface area contributed by atoms with Gasteiger partial charge in [0.15, 0.2) is 0 Å². The molecule has 2 aromatic rings. The quantitative estimate of drug-likeness (QED) is 0.542. The summed E-state index contributed by atoms with van der Waals surface area (Å²) < 4.78 is 4.86. The van der Waals surface area contributed by atoms with Gasteiger partial charge in [0.1, 0.15) is 12.1 Å². The van der Waals surface area contributed by atoms with Crippen molar-refractivity contribution >= 4 is 23.7 Å². The zero-order valence-corrected chi connectivity index (χ0v) is 18.2. The topological polar surface area (TPSA) is 109 Å². The van der Waals surface area contributed by atoms with Crippen LogP contribution >= 0.6 is 0 Å². The molecule has 1 aromatic carbocycles. The fraction of sp³-hybridized carbons (Fsp3) is 0.375. The van der Waals surface area contributed by atoms with Crippen LogP contribution in [0.5, 0.6) is 0 Å². The number of carbonyl (C=O) groups excluding carboxylic acids is 4. The Morgan fingerprint density at radius 1 is 1.18 bits per heavy atom. The number of piperidine rings is 1. The Hall–Kier alpha value is -3.59. The molecule has 9 nitrogen and oxygen atoms in total. The number of methoxy groups -OCH3 is 1. The summed E-state index contributed by atoms with van der Waals surface area (Å²) in [6.07, 6.45) is 3.11. The molecule has 0 spiro atoms. The number of amides is 3. The summed E-state index contributed by atoms with van der Waals surface area (Å²) in [6, 6.07) is 8.66. The normalized spacial score (nSPS) is 22.6. The van der Waals surface area contributed by atoms with E-state index in [1.54, 1.807) is 12.3 Å². The van der Waals surface area contributed by atoms with Gasteiger partial charge in [0.25, 0.3) is 5.91 Å². The Morgan fingerprint density at radius 3 is 2.76 bits per heavy atom. The fourth-order valence-electron chi connectivity index (χ4n) is 4.73. The average Bonchev–Trinajstić information content (AvgIpc) is 3.12. The molecule has 5 rings (SSSR count). The van der Waals surface area contributed by atoms with Crippen LogP contribution in [0.2, 0.25) is 0 Å². The van der Waals surface area contributed by atoms with Crippen LogP contribution in [-0.2, 0) is 32.2 Å². The van der Waals surface area contributed by atoms with Crippen molar-refractivity contribution in [2.24, 2.45) is 0 Å². The van der Waals surface area contributed by atoms with E-state index in [1.807, 2.05) is 24.3 Å². The molecule has 1 N–H and O–H groups in total. The van der Waals surface area contributed by atoms with E-state index in [4.69, 9.17) is 4.74 Å². The van der Waals surface area contributed by atoms with Gasteiger partial charge in [-0.05, 0) is 48.2 Å². The van der Waals surface area contributed by atoms with Crippen molar-refractivity contribution in [3.05, 3.63) is 53.2 Å². The van der Waals surface area contributed by atoms with Crippen molar-refractivity contribution in [2.75, 3.05) is 13.7 Å². The van der Waals surface area contributed by atoms with E-state index in [0.29, 0.717) is 25.1 Å². The highest BCUT2D eigenvalue weighted by Gasteiger charge is 2.39. The Bertz CT molecular complexity index is 1160. The lowest BCUT2D eigenvalue weighted by Gasteiger charge is -2.38. The summed E-state index contributed by atoms with van der Waals surface area (Å²) in [7, 11) is 1.41. The van der Waals surface area contributed by atoms with Crippen molar-refractivity contribution in [1.82, 2.24) is 20.1 Å². The number of fused-ring (bicyclic) bond motifs is 1. The number of nitrogens with one attached hydrogen (secondary N) is 1. The van der Waals surface area contributed by atoms with E-state index in [2.05, 4.69) is 15.2 Å². The average molecular weight is 448 g/mol. The Kier molecular flexibility index (Phi) is 5.41. The van der Waals surface area contributed by atoms with Gasteiger partial charge in [0.2, 0.25) is 11.8 Å². The number of imide groups is 1. The first-order valence-electron chi connectivity index (χ1n) is 11.0. The molecule has 0 aliphatic carbocycles. The molecule has 0 bridgehead atoms. The number of carbonyl (C=O) groups is 4. The summed E-state index contributed by atoms with van der Waals surface area (Å²) in [5.74, 6) is -1.12. The third-order valence-electron chi connectivity index (χ3n) is 6.63. The van der Waals surface area contributed by atoms with Gasteiger partial charge in [-0.15, -0.1) is 0 Å². The second-order valence-corrected chi connectivity index (χ2v) is 8.62. The molecular formula is C24H24N4O5. The van der Waals surface area contributed by atoms with Crippen molar-refractivity contribution < 1.29 is 23.9 Å². The number of rotatable bonds is 5. The molecule has 1 aromatic heterocycles. The molecule has 3 aliphatic rings. The van der Waals surface area contributed by atoms with Gasteiger partial charge in [0.05, 0.1) is 12.8 Å². The predicted molar refractivity (Wildman–Crippen MR) is 117 cm³/mol. The first-order chi connectivity index (χ1) is 15.9. The first kappa shape index (κ1) is 21.3. The Labute approximate surface area is 190 Å². The number of nitrogens with zero attached hydrogens (tertiary/aromatic N) is 3. The summed E-state index contributed by atoms with van der Waals surface area (Å²) in [5.41, 5.74) is 4.10. The molecule has 3 aliphatic heterocycles. The monoisotopic (exact) mass is 448 g/mol. The van der Waals surface area contributed by atoms with Gasteiger partial charge in [0, 0.05) is 43.4 Å². The molecule has 2 saturated heterocycles. The summed E-state index contributed by atoms with van der Waals surface area (Å²) in [4.78, 5) is 56.5. The molecule has 0 radical (unpaired) electrons. The molecular weight excluding hydrogens is 424 g/mol. The zero-order chi connectivity index (χ0) is 23.1. The molecule has 4 heterocycles. The molecule has 170 valence electrons. The number of pyridine rings is 1. The number of esters is 1. The SMILES string of the molecule is COC(=O)C1CCN1Cc1ccnc(-c2ccc3c(c2)CN(C2CCC(=O)NC2=O)C3=O)c1. The van der Waals surface area contributed by atoms with Crippen molar-refractivity contribution in [3.63, 3.8) is 0 Å². The second kappa shape index (κ2) is 8.40. The van der Waals surface area contributed by atoms with Crippen molar-refractivity contribution in [1.29, 1.82) is 0 Å². The highest BCUT2D eigenvalue weighted by Crippen LogP contribution is 2.31. The van der Waals surface area contributed by atoms with Crippen LogP contribution in [0.1, 0.15) is 40.7 Å². The van der Waals surface area contributed by atoms with Crippen LogP contribution in [0, 0.1) is 0 Å². The number of ether oxygens (including phenoxy) is 1. The van der Waals surface area contributed by atoms with Gasteiger partial charge in [-0.2, -0.15) is 0 Å². The largest absolute Gasteiger partial charge is 0.468 e. The van der Waals surface area contributed by atoms with Gasteiger partial charge in [-0.3, -0.25) is 34.4 Å². The van der Waals surface area contributed by atoms with Crippen LogP contribution in [0.3, 0.4) is 0 Å². The van der Waals surface area contributed by atoms with E-state index in [1.165, 1.54) is 12.0 Å². The molecule has 3 amide bonds. The molecule has 2 unspecified atom stereocenters. The van der Waals surface area contributed by atoms with E-state index in [9.17, 15) is 19.2 Å². The Morgan fingerprint density at radius 2 is 2.03 bits per heavy atom. The maximum atomic E-state index is 12.9. The van der Waals surface area contributed by atoms with Crippen molar-refractivity contribution in [3.8, 4) is 11.3 Å². The number of aromatic nitrogens is 1. The van der Waals surface area contributed by atoms with E-state index < -0.39 is 11.9 Å². The maximum Gasteiger partial charge on any atom is 0.323 e. The van der Waals surface area contributed by atoms with Crippen LogP contribution in [-0.4, -0.2) is 64.2 Å². The molecule has 0 saturated carbocycles. The first-order valence-corrected chi connectivity index (χ1v) is 11.0. The van der Waals surface area contributed by atoms with E-state index in [-0.39, 0.29) is 30.2 Å². The number of hydrogen-bond acceptors (Lipinski definition) is 7. The predicted octanol–water partition coefficient (Wildman–Crippen LogP) is 1.26. The van der Waals surface area contributed by atoms with Gasteiger partial charge < -0.3 is 9.64 Å². The molecule has 2 atom stereocenters. The van der Waals surface area contributed by atoms with Gasteiger partial charge in [-0.25, -0.2) is 0 Å². The Balaban J connectivity index is 1.33. The van der Waals surface area contributed by atoms with Gasteiger partial charge >= 0.3 is 5.97 Å². The lowest BCUT2D eigenvalue weighted by molar-refractivity contribution is -0.152. The third kappa shape index (κ3) is 3.89.